The lowest BCUT2D eigenvalue weighted by Gasteiger charge is -2.23. The number of thioether (sulfide) groups is 1. The summed E-state index contributed by atoms with van der Waals surface area (Å²) in [4.78, 5) is 4.40. The molecule has 3 heterocycles. The van der Waals surface area contributed by atoms with Crippen LogP contribution in [0, 0.1) is 0 Å². The van der Waals surface area contributed by atoms with E-state index in [0.29, 0.717) is 11.7 Å². The molecule has 15 heavy (non-hydrogen) atoms. The van der Waals surface area contributed by atoms with Crippen molar-refractivity contribution >= 4 is 11.8 Å². The number of nitrogens with one attached hydrogen (secondary N) is 1. The first-order chi connectivity index (χ1) is 7.43. The van der Waals surface area contributed by atoms with Crippen LogP contribution in [0.3, 0.4) is 0 Å². The molecule has 0 amide bonds. The van der Waals surface area contributed by atoms with Crippen LogP contribution >= 0.6 is 11.8 Å². The first kappa shape index (κ1) is 9.62. The Balaban J connectivity index is 1.71. The van der Waals surface area contributed by atoms with Gasteiger partial charge in [0.1, 0.15) is 6.10 Å². The quantitative estimate of drug-likeness (QED) is 0.796. The molecule has 1 aromatic rings. The standard InChI is InChI=1S/C9H13N3O2S/c1-2-15-5-7(13-1)8-11-9(14-12-8)6-3-10-4-6/h6-7,10H,1-5H2. The van der Waals surface area contributed by atoms with Crippen LogP contribution in [0.5, 0.6) is 0 Å². The van der Waals surface area contributed by atoms with Crippen LogP contribution in [0.1, 0.15) is 23.7 Å². The highest BCUT2D eigenvalue weighted by atomic mass is 32.2. The molecule has 2 aliphatic heterocycles. The van der Waals surface area contributed by atoms with Crippen molar-refractivity contribution < 1.29 is 9.26 Å². The zero-order chi connectivity index (χ0) is 10.1. The van der Waals surface area contributed by atoms with E-state index in [-0.39, 0.29) is 6.10 Å². The van der Waals surface area contributed by atoms with Crippen molar-refractivity contribution in [2.45, 2.75) is 12.0 Å². The Kier molecular flexibility index (Phi) is 2.64. The first-order valence-electron chi connectivity index (χ1n) is 5.17. The number of nitrogens with zero attached hydrogens (tertiary/aromatic N) is 2. The van der Waals surface area contributed by atoms with E-state index < -0.39 is 0 Å². The zero-order valence-electron chi connectivity index (χ0n) is 8.31. The molecule has 0 spiro atoms. The largest absolute Gasteiger partial charge is 0.368 e. The predicted octanol–water partition coefficient (Wildman–Crippen LogP) is 0.561. The lowest BCUT2D eigenvalue weighted by atomic mass is 10.0. The molecule has 0 bridgehead atoms. The third-order valence-electron chi connectivity index (χ3n) is 2.69. The molecule has 3 rings (SSSR count). The van der Waals surface area contributed by atoms with Crippen LogP contribution in [0.25, 0.3) is 0 Å². The van der Waals surface area contributed by atoms with Crippen molar-refractivity contribution in [3.05, 3.63) is 11.7 Å². The fourth-order valence-corrected chi connectivity index (χ4v) is 2.48. The van der Waals surface area contributed by atoms with Gasteiger partial charge in [0.15, 0.2) is 0 Å². The molecule has 1 unspecified atom stereocenters. The normalized spacial score (nSPS) is 27.6. The van der Waals surface area contributed by atoms with Crippen LogP contribution in [-0.4, -0.2) is 41.3 Å². The summed E-state index contributed by atoms with van der Waals surface area (Å²) in [6.07, 6.45) is 0.0225. The average Bonchev–Trinajstić information content (AvgIpc) is 2.66. The van der Waals surface area contributed by atoms with Gasteiger partial charge in [0.05, 0.1) is 12.5 Å². The molecule has 1 aromatic heterocycles. The third-order valence-corrected chi connectivity index (χ3v) is 3.69. The van der Waals surface area contributed by atoms with E-state index in [1.165, 1.54) is 0 Å². The summed E-state index contributed by atoms with van der Waals surface area (Å²) in [5, 5.41) is 7.18. The molecule has 1 atom stereocenters. The Labute approximate surface area is 91.9 Å². The molecular weight excluding hydrogens is 214 g/mol. The van der Waals surface area contributed by atoms with Gasteiger partial charge in [-0.25, -0.2) is 0 Å². The van der Waals surface area contributed by atoms with Crippen molar-refractivity contribution in [3.8, 4) is 0 Å². The molecule has 0 radical (unpaired) electrons. The number of ether oxygens (including phenoxy) is 1. The molecule has 82 valence electrons. The van der Waals surface area contributed by atoms with Crippen LogP contribution < -0.4 is 5.32 Å². The fourth-order valence-electron chi connectivity index (χ4n) is 1.64. The third kappa shape index (κ3) is 1.89. The Morgan fingerprint density at radius 1 is 1.40 bits per heavy atom. The van der Waals surface area contributed by atoms with E-state index >= 15 is 0 Å². The smallest absolute Gasteiger partial charge is 0.232 e. The van der Waals surface area contributed by atoms with Gasteiger partial charge in [0.25, 0.3) is 0 Å². The Hall–Kier alpha value is -0.590. The van der Waals surface area contributed by atoms with Gasteiger partial charge in [-0.1, -0.05) is 5.16 Å². The van der Waals surface area contributed by atoms with E-state index in [1.807, 2.05) is 11.8 Å². The maximum atomic E-state index is 5.59. The highest BCUT2D eigenvalue weighted by Gasteiger charge is 2.28. The topological polar surface area (TPSA) is 60.2 Å². The summed E-state index contributed by atoms with van der Waals surface area (Å²) in [7, 11) is 0. The monoisotopic (exact) mass is 227 g/mol. The molecule has 2 aliphatic rings. The van der Waals surface area contributed by atoms with Crippen LogP contribution in [0.2, 0.25) is 0 Å². The van der Waals surface area contributed by atoms with Gasteiger partial charge < -0.3 is 14.6 Å². The minimum absolute atomic E-state index is 0.0225. The van der Waals surface area contributed by atoms with Gasteiger partial charge >= 0.3 is 0 Å². The van der Waals surface area contributed by atoms with Gasteiger partial charge in [-0.3, -0.25) is 0 Å². The number of hydrogen-bond donors (Lipinski definition) is 1. The number of aromatic nitrogens is 2. The summed E-state index contributed by atoms with van der Waals surface area (Å²) in [5.74, 6) is 3.87. The van der Waals surface area contributed by atoms with Crippen LogP contribution in [0.4, 0.5) is 0 Å². The maximum absolute atomic E-state index is 5.59. The lowest BCUT2D eigenvalue weighted by molar-refractivity contribution is 0.0677. The molecule has 6 heteroatoms. The average molecular weight is 227 g/mol. The molecule has 0 saturated carbocycles. The van der Waals surface area contributed by atoms with E-state index in [2.05, 4.69) is 15.5 Å². The molecular formula is C9H13N3O2S. The second kappa shape index (κ2) is 4.11. The molecule has 1 N–H and O–H groups in total. The van der Waals surface area contributed by atoms with Crippen LogP contribution in [-0.2, 0) is 4.74 Å². The van der Waals surface area contributed by atoms with E-state index in [1.54, 1.807) is 0 Å². The summed E-state index contributed by atoms with van der Waals surface area (Å²) in [6.45, 7) is 2.67. The van der Waals surface area contributed by atoms with E-state index in [0.717, 1.165) is 37.1 Å². The van der Waals surface area contributed by atoms with Crippen molar-refractivity contribution in [2.75, 3.05) is 31.2 Å². The molecule has 5 nitrogen and oxygen atoms in total. The van der Waals surface area contributed by atoms with Gasteiger partial charge in [-0.15, -0.1) is 0 Å². The van der Waals surface area contributed by atoms with E-state index in [4.69, 9.17) is 9.26 Å². The van der Waals surface area contributed by atoms with Crippen molar-refractivity contribution in [1.29, 1.82) is 0 Å². The summed E-state index contributed by atoms with van der Waals surface area (Å²) in [6, 6.07) is 0. The molecule has 2 saturated heterocycles. The molecule has 0 aromatic carbocycles. The Morgan fingerprint density at radius 2 is 2.33 bits per heavy atom. The minimum Gasteiger partial charge on any atom is -0.368 e. The second-order valence-electron chi connectivity index (χ2n) is 3.78. The van der Waals surface area contributed by atoms with Gasteiger partial charge in [-0.2, -0.15) is 16.7 Å². The Bertz CT molecular complexity index is 334. The Morgan fingerprint density at radius 3 is 3.00 bits per heavy atom. The van der Waals surface area contributed by atoms with Crippen molar-refractivity contribution in [3.63, 3.8) is 0 Å². The van der Waals surface area contributed by atoms with Crippen molar-refractivity contribution in [2.24, 2.45) is 0 Å². The molecule has 2 fully saturated rings. The van der Waals surface area contributed by atoms with Crippen molar-refractivity contribution in [1.82, 2.24) is 15.5 Å². The summed E-state index contributed by atoms with van der Waals surface area (Å²) >= 11 is 1.88. The highest BCUT2D eigenvalue weighted by molar-refractivity contribution is 7.99. The van der Waals surface area contributed by atoms with E-state index in [9.17, 15) is 0 Å². The zero-order valence-corrected chi connectivity index (χ0v) is 9.13. The van der Waals surface area contributed by atoms with Gasteiger partial charge in [0, 0.05) is 24.6 Å². The predicted molar refractivity (Wildman–Crippen MR) is 55.9 cm³/mol. The van der Waals surface area contributed by atoms with Crippen LogP contribution in [0.15, 0.2) is 4.52 Å². The minimum atomic E-state index is 0.0225. The highest BCUT2D eigenvalue weighted by Crippen LogP contribution is 2.26. The SMILES string of the molecule is C1CSCC(c2noc(C3CNC3)n2)O1. The van der Waals surface area contributed by atoms with Gasteiger partial charge in [-0.05, 0) is 0 Å². The lowest BCUT2D eigenvalue weighted by Crippen LogP contribution is -2.40. The summed E-state index contributed by atoms with van der Waals surface area (Å²) < 4.78 is 10.8. The summed E-state index contributed by atoms with van der Waals surface area (Å²) in [5.41, 5.74) is 0. The van der Waals surface area contributed by atoms with Gasteiger partial charge in [0.2, 0.25) is 11.7 Å². The fraction of sp³-hybridized carbons (Fsp3) is 0.778. The number of rotatable bonds is 2. The maximum Gasteiger partial charge on any atom is 0.232 e. The number of hydrogen-bond acceptors (Lipinski definition) is 6. The molecule has 0 aliphatic carbocycles. The first-order valence-corrected chi connectivity index (χ1v) is 6.32. The second-order valence-corrected chi connectivity index (χ2v) is 4.93.